The van der Waals surface area contributed by atoms with E-state index in [0.29, 0.717) is 6.04 Å². The Hall–Kier alpha value is -0.450. The van der Waals surface area contributed by atoms with Crippen molar-refractivity contribution in [2.45, 2.75) is 38.8 Å². The average molecular weight is 225 g/mol. The molecule has 2 rings (SSSR count). The third-order valence-corrected chi connectivity index (χ3v) is 4.11. The second kappa shape index (κ2) is 4.60. The van der Waals surface area contributed by atoms with Gasteiger partial charge in [0.05, 0.1) is 6.04 Å². The molecule has 2 atom stereocenters. The Morgan fingerprint density at radius 3 is 3.07 bits per heavy atom. The molecule has 1 fully saturated rings. The Balaban J connectivity index is 2.22. The van der Waals surface area contributed by atoms with Gasteiger partial charge in [0, 0.05) is 17.1 Å². The maximum absolute atomic E-state index is 6.21. The second-order valence-electron chi connectivity index (χ2n) is 4.21. The summed E-state index contributed by atoms with van der Waals surface area (Å²) in [6, 6.07) is 0.603. The molecule has 0 aliphatic carbocycles. The summed E-state index contributed by atoms with van der Waals surface area (Å²) in [6.07, 6.45) is 2.34. The average Bonchev–Trinajstić information content (AvgIpc) is 2.64. The fourth-order valence-electron chi connectivity index (χ4n) is 2.30. The van der Waals surface area contributed by atoms with Gasteiger partial charge >= 0.3 is 0 Å². The van der Waals surface area contributed by atoms with Crippen molar-refractivity contribution in [1.82, 2.24) is 9.88 Å². The summed E-state index contributed by atoms with van der Waals surface area (Å²) in [5.74, 6) is 0. The molecule has 84 valence electrons. The van der Waals surface area contributed by atoms with Crippen molar-refractivity contribution in [2.24, 2.45) is 5.73 Å². The van der Waals surface area contributed by atoms with E-state index < -0.39 is 0 Å². The number of aryl methyl sites for hydroxylation is 1. The first-order valence-corrected chi connectivity index (χ1v) is 6.52. The van der Waals surface area contributed by atoms with Gasteiger partial charge < -0.3 is 5.73 Å². The van der Waals surface area contributed by atoms with E-state index in [9.17, 15) is 0 Å². The highest BCUT2D eigenvalue weighted by molar-refractivity contribution is 7.09. The molecule has 0 saturated carbocycles. The number of likely N-dealkylation sites (tertiary alicyclic amines) is 1. The highest BCUT2D eigenvalue weighted by Crippen LogP contribution is 2.31. The number of hydrogen-bond donors (Lipinski definition) is 1. The van der Waals surface area contributed by atoms with Crippen LogP contribution < -0.4 is 5.73 Å². The van der Waals surface area contributed by atoms with Crippen LogP contribution in [0.25, 0.3) is 0 Å². The van der Waals surface area contributed by atoms with Crippen LogP contribution in [0, 0.1) is 6.92 Å². The minimum atomic E-state index is 0.254. The number of rotatable bonds is 2. The van der Waals surface area contributed by atoms with Crippen LogP contribution >= 0.6 is 11.3 Å². The number of hydrogen-bond acceptors (Lipinski definition) is 4. The minimum Gasteiger partial charge on any atom is -0.326 e. The first kappa shape index (κ1) is 11.0. The van der Waals surface area contributed by atoms with E-state index >= 15 is 0 Å². The van der Waals surface area contributed by atoms with Crippen molar-refractivity contribution in [3.63, 3.8) is 0 Å². The summed E-state index contributed by atoms with van der Waals surface area (Å²) < 4.78 is 0. The highest BCUT2D eigenvalue weighted by atomic mass is 32.1. The Bertz CT molecular complexity index is 323. The Morgan fingerprint density at radius 2 is 2.47 bits per heavy atom. The number of aromatic nitrogens is 1. The molecule has 0 spiro atoms. The van der Waals surface area contributed by atoms with E-state index in [1.807, 2.05) is 6.92 Å². The third-order valence-electron chi connectivity index (χ3n) is 3.08. The quantitative estimate of drug-likeness (QED) is 0.836. The van der Waals surface area contributed by atoms with Crippen molar-refractivity contribution in [3.8, 4) is 0 Å². The van der Waals surface area contributed by atoms with Crippen LogP contribution in [-0.4, -0.2) is 29.0 Å². The SMILES string of the molecule is CCN1CCCC(N)C1c1nc(C)cs1. The van der Waals surface area contributed by atoms with Gasteiger partial charge in [0.2, 0.25) is 0 Å². The molecule has 1 saturated heterocycles. The molecular formula is C11H19N3S. The normalized spacial score (nSPS) is 28.2. The Kier molecular flexibility index (Phi) is 3.38. The second-order valence-corrected chi connectivity index (χ2v) is 5.10. The molecule has 3 nitrogen and oxygen atoms in total. The zero-order valence-corrected chi connectivity index (χ0v) is 10.3. The van der Waals surface area contributed by atoms with Crippen LogP contribution in [0.3, 0.4) is 0 Å². The molecule has 0 aromatic carbocycles. The summed E-state index contributed by atoms with van der Waals surface area (Å²) in [7, 11) is 0. The molecule has 2 N–H and O–H groups in total. The van der Waals surface area contributed by atoms with Gasteiger partial charge in [0.15, 0.2) is 0 Å². The molecule has 2 unspecified atom stereocenters. The van der Waals surface area contributed by atoms with E-state index in [0.717, 1.165) is 25.2 Å². The summed E-state index contributed by atoms with van der Waals surface area (Å²) >= 11 is 1.75. The van der Waals surface area contributed by atoms with Gasteiger partial charge in [-0.05, 0) is 32.9 Å². The smallest absolute Gasteiger partial charge is 0.112 e. The predicted octanol–water partition coefficient (Wildman–Crippen LogP) is 1.94. The first-order chi connectivity index (χ1) is 7.22. The van der Waals surface area contributed by atoms with E-state index in [1.165, 1.54) is 11.4 Å². The van der Waals surface area contributed by atoms with E-state index in [4.69, 9.17) is 5.73 Å². The zero-order valence-electron chi connectivity index (χ0n) is 9.44. The monoisotopic (exact) mass is 225 g/mol. The standard InChI is InChI=1S/C11H19N3S/c1-3-14-6-4-5-9(12)10(14)11-13-8(2)7-15-11/h7,9-10H,3-6,12H2,1-2H3. The molecule has 1 aromatic rings. The molecule has 1 aromatic heterocycles. The lowest BCUT2D eigenvalue weighted by atomic mass is 9.97. The molecule has 0 amide bonds. The van der Waals surface area contributed by atoms with Crippen LogP contribution in [0.4, 0.5) is 0 Å². The zero-order chi connectivity index (χ0) is 10.8. The van der Waals surface area contributed by atoms with Crippen LogP contribution in [0.5, 0.6) is 0 Å². The van der Waals surface area contributed by atoms with Gasteiger partial charge in [-0.3, -0.25) is 4.90 Å². The fourth-order valence-corrected chi connectivity index (χ4v) is 3.30. The molecule has 0 bridgehead atoms. The van der Waals surface area contributed by atoms with Gasteiger partial charge in [0.25, 0.3) is 0 Å². The Morgan fingerprint density at radius 1 is 1.67 bits per heavy atom. The molecule has 1 aliphatic rings. The van der Waals surface area contributed by atoms with Crippen LogP contribution in [-0.2, 0) is 0 Å². The molecule has 1 aliphatic heterocycles. The fraction of sp³-hybridized carbons (Fsp3) is 0.727. The van der Waals surface area contributed by atoms with Crippen LogP contribution in [0.2, 0.25) is 0 Å². The maximum Gasteiger partial charge on any atom is 0.112 e. The number of piperidine rings is 1. The summed E-state index contributed by atoms with van der Waals surface area (Å²) in [5.41, 5.74) is 7.33. The summed E-state index contributed by atoms with van der Waals surface area (Å²) in [6.45, 7) is 6.47. The van der Waals surface area contributed by atoms with Crippen molar-refractivity contribution < 1.29 is 0 Å². The van der Waals surface area contributed by atoms with Crippen molar-refractivity contribution in [1.29, 1.82) is 0 Å². The van der Waals surface area contributed by atoms with Crippen molar-refractivity contribution >= 4 is 11.3 Å². The number of thiazole rings is 1. The molecular weight excluding hydrogens is 206 g/mol. The maximum atomic E-state index is 6.21. The summed E-state index contributed by atoms with van der Waals surface area (Å²) in [4.78, 5) is 7.03. The highest BCUT2D eigenvalue weighted by Gasteiger charge is 2.31. The van der Waals surface area contributed by atoms with Gasteiger partial charge in [0.1, 0.15) is 5.01 Å². The molecule has 15 heavy (non-hydrogen) atoms. The lowest BCUT2D eigenvalue weighted by Gasteiger charge is -2.37. The molecule has 0 radical (unpaired) electrons. The minimum absolute atomic E-state index is 0.254. The Labute approximate surface area is 95.3 Å². The van der Waals surface area contributed by atoms with Crippen LogP contribution in [0.15, 0.2) is 5.38 Å². The van der Waals surface area contributed by atoms with E-state index in [1.54, 1.807) is 11.3 Å². The predicted molar refractivity (Wildman–Crippen MR) is 64.0 cm³/mol. The number of nitrogens with zero attached hydrogens (tertiary/aromatic N) is 2. The van der Waals surface area contributed by atoms with Crippen LogP contribution in [0.1, 0.15) is 36.5 Å². The lowest BCUT2D eigenvalue weighted by Crippen LogP contribution is -2.45. The van der Waals surface area contributed by atoms with Gasteiger partial charge in [-0.2, -0.15) is 0 Å². The lowest BCUT2D eigenvalue weighted by molar-refractivity contribution is 0.135. The van der Waals surface area contributed by atoms with E-state index in [-0.39, 0.29) is 6.04 Å². The molecule has 2 heterocycles. The third kappa shape index (κ3) is 2.22. The molecule has 4 heteroatoms. The topological polar surface area (TPSA) is 42.1 Å². The van der Waals surface area contributed by atoms with Gasteiger partial charge in [-0.25, -0.2) is 4.98 Å². The largest absolute Gasteiger partial charge is 0.326 e. The van der Waals surface area contributed by atoms with Crippen molar-refractivity contribution in [3.05, 3.63) is 16.1 Å². The van der Waals surface area contributed by atoms with Crippen molar-refractivity contribution in [2.75, 3.05) is 13.1 Å². The van der Waals surface area contributed by atoms with Gasteiger partial charge in [-0.15, -0.1) is 11.3 Å². The summed E-state index contributed by atoms with van der Waals surface area (Å²) in [5, 5.41) is 3.31. The van der Waals surface area contributed by atoms with Gasteiger partial charge in [-0.1, -0.05) is 6.92 Å². The number of likely N-dealkylation sites (N-methyl/N-ethyl adjacent to an activating group) is 1. The number of nitrogens with two attached hydrogens (primary N) is 1. The van der Waals surface area contributed by atoms with E-state index in [2.05, 4.69) is 22.2 Å². The first-order valence-electron chi connectivity index (χ1n) is 5.64.